The van der Waals surface area contributed by atoms with E-state index in [0.29, 0.717) is 12.6 Å². The van der Waals surface area contributed by atoms with E-state index in [9.17, 15) is 5.11 Å². The highest BCUT2D eigenvalue weighted by atomic mass is 16.3. The van der Waals surface area contributed by atoms with E-state index in [0.717, 1.165) is 5.92 Å². The molecule has 0 amide bonds. The van der Waals surface area contributed by atoms with Crippen molar-refractivity contribution in [3.63, 3.8) is 0 Å². The third kappa shape index (κ3) is 3.65. The van der Waals surface area contributed by atoms with Crippen LogP contribution < -0.4 is 5.32 Å². The van der Waals surface area contributed by atoms with E-state index in [1.165, 1.54) is 25.7 Å². The molecule has 2 unspecified atom stereocenters. The van der Waals surface area contributed by atoms with Crippen molar-refractivity contribution < 1.29 is 5.11 Å². The third-order valence-electron chi connectivity index (χ3n) is 2.98. The highest BCUT2D eigenvalue weighted by Gasteiger charge is 2.26. The van der Waals surface area contributed by atoms with Crippen molar-refractivity contribution in [1.82, 2.24) is 5.32 Å². The van der Waals surface area contributed by atoms with Gasteiger partial charge in [-0.25, -0.2) is 0 Å². The first-order valence-electron chi connectivity index (χ1n) is 5.48. The zero-order chi connectivity index (χ0) is 9.90. The lowest BCUT2D eigenvalue weighted by Gasteiger charge is -2.24. The van der Waals surface area contributed by atoms with Crippen LogP contribution in [0, 0.1) is 5.92 Å². The van der Waals surface area contributed by atoms with Crippen LogP contribution in [0.4, 0.5) is 0 Å². The predicted molar refractivity (Wildman–Crippen MR) is 55.7 cm³/mol. The molecule has 1 fully saturated rings. The first-order chi connectivity index (χ1) is 6.03. The molecular formula is C11H23NO. The Morgan fingerprint density at radius 3 is 2.62 bits per heavy atom. The average molecular weight is 185 g/mol. The Balaban J connectivity index is 2.28. The summed E-state index contributed by atoms with van der Waals surface area (Å²) < 4.78 is 0. The number of hydrogen-bond donors (Lipinski definition) is 2. The van der Waals surface area contributed by atoms with Gasteiger partial charge in [-0.1, -0.05) is 19.8 Å². The van der Waals surface area contributed by atoms with E-state index < -0.39 is 5.60 Å². The fraction of sp³-hybridized carbons (Fsp3) is 1.00. The summed E-state index contributed by atoms with van der Waals surface area (Å²) in [5, 5.41) is 13.0. The Morgan fingerprint density at radius 2 is 2.08 bits per heavy atom. The van der Waals surface area contributed by atoms with Gasteiger partial charge in [-0.05, 0) is 32.6 Å². The summed E-state index contributed by atoms with van der Waals surface area (Å²) in [6.07, 6.45) is 5.26. The summed E-state index contributed by atoms with van der Waals surface area (Å²) in [6.45, 7) is 6.69. The minimum atomic E-state index is -0.569. The van der Waals surface area contributed by atoms with Crippen molar-refractivity contribution in [2.45, 2.75) is 58.1 Å². The van der Waals surface area contributed by atoms with Crippen molar-refractivity contribution in [2.75, 3.05) is 6.54 Å². The highest BCUT2D eigenvalue weighted by molar-refractivity contribution is 4.84. The van der Waals surface area contributed by atoms with Gasteiger partial charge in [0, 0.05) is 12.6 Å². The molecule has 2 heteroatoms. The van der Waals surface area contributed by atoms with E-state index in [1.54, 1.807) is 0 Å². The van der Waals surface area contributed by atoms with Crippen molar-refractivity contribution in [1.29, 1.82) is 0 Å². The molecule has 0 aromatic heterocycles. The maximum Gasteiger partial charge on any atom is 0.0715 e. The largest absolute Gasteiger partial charge is 0.389 e. The maximum absolute atomic E-state index is 9.57. The molecule has 0 radical (unpaired) electrons. The second-order valence-corrected chi connectivity index (χ2v) is 4.90. The van der Waals surface area contributed by atoms with Gasteiger partial charge < -0.3 is 10.4 Å². The Kier molecular flexibility index (Phi) is 3.74. The smallest absolute Gasteiger partial charge is 0.0715 e. The molecule has 1 aliphatic carbocycles. The van der Waals surface area contributed by atoms with Crippen molar-refractivity contribution in [3.8, 4) is 0 Å². The lowest BCUT2D eigenvalue weighted by Crippen LogP contribution is -2.42. The number of aliphatic hydroxyl groups is 1. The summed E-state index contributed by atoms with van der Waals surface area (Å²) in [4.78, 5) is 0. The molecule has 2 atom stereocenters. The molecule has 0 aliphatic heterocycles. The zero-order valence-electron chi connectivity index (χ0n) is 9.14. The van der Waals surface area contributed by atoms with Gasteiger partial charge in [0.1, 0.15) is 0 Å². The number of hydrogen-bond acceptors (Lipinski definition) is 2. The summed E-state index contributed by atoms with van der Waals surface area (Å²) >= 11 is 0. The van der Waals surface area contributed by atoms with Gasteiger partial charge in [0.05, 0.1) is 5.60 Å². The van der Waals surface area contributed by atoms with Crippen LogP contribution in [-0.4, -0.2) is 23.3 Å². The summed E-state index contributed by atoms with van der Waals surface area (Å²) in [5.74, 6) is 0.836. The first kappa shape index (κ1) is 11.0. The van der Waals surface area contributed by atoms with Crippen LogP contribution in [0.3, 0.4) is 0 Å². The van der Waals surface area contributed by atoms with Crippen molar-refractivity contribution in [3.05, 3.63) is 0 Å². The molecule has 0 aromatic carbocycles. The summed E-state index contributed by atoms with van der Waals surface area (Å²) in [5.41, 5.74) is -0.569. The van der Waals surface area contributed by atoms with Crippen LogP contribution >= 0.6 is 0 Å². The van der Waals surface area contributed by atoms with Gasteiger partial charge in [-0.15, -0.1) is 0 Å². The highest BCUT2D eigenvalue weighted by Crippen LogP contribution is 2.28. The van der Waals surface area contributed by atoms with Gasteiger partial charge in [0.15, 0.2) is 0 Å². The van der Waals surface area contributed by atoms with E-state index in [2.05, 4.69) is 12.2 Å². The SMILES string of the molecule is CCC1CCCC1NCC(C)(C)O. The minimum Gasteiger partial charge on any atom is -0.389 e. The molecule has 2 nitrogen and oxygen atoms in total. The van der Waals surface area contributed by atoms with Crippen LogP contribution in [0.1, 0.15) is 46.5 Å². The van der Waals surface area contributed by atoms with E-state index >= 15 is 0 Å². The van der Waals surface area contributed by atoms with Crippen LogP contribution in [0.5, 0.6) is 0 Å². The summed E-state index contributed by atoms with van der Waals surface area (Å²) in [7, 11) is 0. The molecule has 1 saturated carbocycles. The molecule has 0 saturated heterocycles. The van der Waals surface area contributed by atoms with Gasteiger partial charge in [0.25, 0.3) is 0 Å². The van der Waals surface area contributed by atoms with Crippen LogP contribution in [0.25, 0.3) is 0 Å². The van der Waals surface area contributed by atoms with E-state index in [1.807, 2.05) is 13.8 Å². The normalized spacial score (nSPS) is 29.5. The molecule has 0 heterocycles. The van der Waals surface area contributed by atoms with E-state index in [-0.39, 0.29) is 0 Å². The van der Waals surface area contributed by atoms with Gasteiger partial charge in [-0.3, -0.25) is 0 Å². The molecule has 2 N–H and O–H groups in total. The molecule has 1 rings (SSSR count). The van der Waals surface area contributed by atoms with Crippen molar-refractivity contribution >= 4 is 0 Å². The number of nitrogens with one attached hydrogen (secondary N) is 1. The second-order valence-electron chi connectivity index (χ2n) is 4.90. The Bertz CT molecular complexity index is 151. The molecule has 1 aliphatic rings. The molecule has 13 heavy (non-hydrogen) atoms. The molecule has 0 spiro atoms. The Morgan fingerprint density at radius 1 is 1.38 bits per heavy atom. The van der Waals surface area contributed by atoms with Crippen molar-refractivity contribution in [2.24, 2.45) is 5.92 Å². The van der Waals surface area contributed by atoms with Gasteiger partial charge >= 0.3 is 0 Å². The quantitative estimate of drug-likeness (QED) is 0.701. The molecule has 0 bridgehead atoms. The fourth-order valence-electron chi connectivity index (χ4n) is 2.18. The lowest BCUT2D eigenvalue weighted by atomic mass is 10.00. The zero-order valence-corrected chi connectivity index (χ0v) is 9.14. The summed E-state index contributed by atoms with van der Waals surface area (Å²) in [6, 6.07) is 0.649. The monoisotopic (exact) mass is 185 g/mol. The van der Waals surface area contributed by atoms with Gasteiger partial charge in [0.2, 0.25) is 0 Å². The third-order valence-corrected chi connectivity index (χ3v) is 2.98. The fourth-order valence-corrected chi connectivity index (χ4v) is 2.18. The van der Waals surface area contributed by atoms with Gasteiger partial charge in [-0.2, -0.15) is 0 Å². The topological polar surface area (TPSA) is 32.3 Å². The minimum absolute atomic E-state index is 0.569. The van der Waals surface area contributed by atoms with Crippen LogP contribution in [-0.2, 0) is 0 Å². The maximum atomic E-state index is 9.57. The standard InChI is InChI=1S/C11H23NO/c1-4-9-6-5-7-10(9)12-8-11(2,3)13/h9-10,12-13H,4-8H2,1-3H3. The molecule has 78 valence electrons. The van der Waals surface area contributed by atoms with Crippen LogP contribution in [0.2, 0.25) is 0 Å². The second kappa shape index (κ2) is 4.43. The van der Waals surface area contributed by atoms with E-state index in [4.69, 9.17) is 0 Å². The lowest BCUT2D eigenvalue weighted by molar-refractivity contribution is 0.0745. The molecule has 0 aromatic rings. The molecular weight excluding hydrogens is 162 g/mol. The first-order valence-corrected chi connectivity index (χ1v) is 5.48. The number of rotatable bonds is 4. The Labute approximate surface area is 81.7 Å². The average Bonchev–Trinajstić information content (AvgIpc) is 2.46. The predicted octanol–water partition coefficient (Wildman–Crippen LogP) is 1.93. The van der Waals surface area contributed by atoms with Crippen LogP contribution in [0.15, 0.2) is 0 Å². The Hall–Kier alpha value is -0.0800.